The summed E-state index contributed by atoms with van der Waals surface area (Å²) in [6.07, 6.45) is 1.32. The van der Waals surface area contributed by atoms with E-state index in [1.54, 1.807) is 6.08 Å². The van der Waals surface area contributed by atoms with E-state index in [-0.39, 0.29) is 0 Å². The standard InChI is InChI=1S/C23H17F3/c24-23(25,26)21-16-14-18(15-17-21)8-7-13-22(19-9-3-1-4-10-19)20-11-5-2-6-12-20/h1-17H/b8-7+. The first-order valence-electron chi connectivity index (χ1n) is 8.20. The molecular formula is C23H17F3. The van der Waals surface area contributed by atoms with Gasteiger partial charge in [0.15, 0.2) is 0 Å². The minimum absolute atomic E-state index is 0.639. The molecule has 0 aliphatic carbocycles. The van der Waals surface area contributed by atoms with Gasteiger partial charge in [-0.3, -0.25) is 0 Å². The fraction of sp³-hybridized carbons (Fsp3) is 0.0435. The quantitative estimate of drug-likeness (QED) is 0.451. The lowest BCUT2D eigenvalue weighted by molar-refractivity contribution is -0.137. The van der Waals surface area contributed by atoms with Crippen LogP contribution in [0.15, 0.2) is 97.1 Å². The first-order valence-corrected chi connectivity index (χ1v) is 8.20. The molecule has 0 radical (unpaired) electrons. The third kappa shape index (κ3) is 4.51. The van der Waals surface area contributed by atoms with Crippen LogP contribution in [0.2, 0.25) is 0 Å². The largest absolute Gasteiger partial charge is 0.416 e. The van der Waals surface area contributed by atoms with Gasteiger partial charge in [-0.15, -0.1) is 0 Å². The van der Waals surface area contributed by atoms with Crippen molar-refractivity contribution in [1.29, 1.82) is 0 Å². The van der Waals surface area contributed by atoms with Gasteiger partial charge in [0.2, 0.25) is 0 Å². The summed E-state index contributed by atoms with van der Waals surface area (Å²) in [7, 11) is 0. The lowest BCUT2D eigenvalue weighted by atomic mass is 9.97. The van der Waals surface area contributed by atoms with Crippen molar-refractivity contribution in [2.75, 3.05) is 0 Å². The highest BCUT2D eigenvalue weighted by Gasteiger charge is 2.29. The SMILES string of the molecule is FC(F)(F)c1ccc(/C=C/C=C(c2ccccc2)c2ccccc2)cc1. The number of benzene rings is 3. The minimum Gasteiger partial charge on any atom is -0.166 e. The Morgan fingerprint density at radius 3 is 1.62 bits per heavy atom. The molecule has 0 bridgehead atoms. The van der Waals surface area contributed by atoms with Crippen molar-refractivity contribution in [1.82, 2.24) is 0 Å². The zero-order valence-corrected chi connectivity index (χ0v) is 13.9. The molecule has 3 aromatic rings. The minimum atomic E-state index is -4.31. The molecule has 0 spiro atoms. The van der Waals surface area contributed by atoms with Crippen LogP contribution >= 0.6 is 0 Å². The second-order valence-electron chi connectivity index (χ2n) is 5.79. The molecule has 0 saturated heterocycles. The number of hydrogen-bond donors (Lipinski definition) is 0. The predicted octanol–water partition coefficient (Wildman–Crippen LogP) is 6.85. The summed E-state index contributed by atoms with van der Waals surface area (Å²) in [5, 5.41) is 0. The van der Waals surface area contributed by atoms with Gasteiger partial charge in [0.05, 0.1) is 5.56 Å². The van der Waals surface area contributed by atoms with E-state index < -0.39 is 11.7 Å². The van der Waals surface area contributed by atoms with E-state index in [2.05, 4.69) is 0 Å². The van der Waals surface area contributed by atoms with E-state index in [9.17, 15) is 13.2 Å². The van der Waals surface area contributed by atoms with Crippen LogP contribution in [0.25, 0.3) is 11.6 Å². The van der Waals surface area contributed by atoms with Crippen LogP contribution in [0.1, 0.15) is 22.3 Å². The number of rotatable bonds is 4. The Kier molecular flexibility index (Phi) is 5.37. The van der Waals surface area contributed by atoms with Gasteiger partial charge in [0.1, 0.15) is 0 Å². The van der Waals surface area contributed by atoms with Gasteiger partial charge in [0, 0.05) is 0 Å². The monoisotopic (exact) mass is 350 g/mol. The number of alkyl halides is 3. The molecule has 0 heterocycles. The Hall–Kier alpha value is -3.07. The van der Waals surface area contributed by atoms with E-state index >= 15 is 0 Å². The first-order chi connectivity index (χ1) is 12.5. The lowest BCUT2D eigenvalue weighted by Crippen LogP contribution is -2.03. The Labute approximate surface area is 150 Å². The summed E-state index contributed by atoms with van der Waals surface area (Å²) in [5.41, 5.74) is 3.29. The van der Waals surface area contributed by atoms with Crippen molar-refractivity contribution in [2.45, 2.75) is 6.18 Å². The normalized spacial score (nSPS) is 11.5. The van der Waals surface area contributed by atoms with Gasteiger partial charge in [-0.2, -0.15) is 13.2 Å². The van der Waals surface area contributed by atoms with Crippen LogP contribution in [0.3, 0.4) is 0 Å². The van der Waals surface area contributed by atoms with Crippen LogP contribution in [-0.2, 0) is 6.18 Å². The number of allylic oxidation sites excluding steroid dienone is 2. The lowest BCUT2D eigenvalue weighted by Gasteiger charge is -2.07. The average Bonchev–Trinajstić information content (AvgIpc) is 2.66. The summed E-state index contributed by atoms with van der Waals surface area (Å²) in [6.45, 7) is 0. The Bertz CT molecular complexity index is 846. The Balaban J connectivity index is 1.88. The molecule has 26 heavy (non-hydrogen) atoms. The molecule has 0 N–H and O–H groups in total. The highest BCUT2D eigenvalue weighted by molar-refractivity contribution is 5.81. The van der Waals surface area contributed by atoms with Gasteiger partial charge in [-0.05, 0) is 34.4 Å². The van der Waals surface area contributed by atoms with Crippen LogP contribution in [0.5, 0.6) is 0 Å². The average molecular weight is 350 g/mol. The highest BCUT2D eigenvalue weighted by Crippen LogP contribution is 2.29. The van der Waals surface area contributed by atoms with Crippen molar-refractivity contribution in [3.63, 3.8) is 0 Å². The van der Waals surface area contributed by atoms with E-state index in [1.807, 2.05) is 72.8 Å². The second kappa shape index (κ2) is 7.87. The maximum atomic E-state index is 12.6. The smallest absolute Gasteiger partial charge is 0.166 e. The summed E-state index contributed by atoms with van der Waals surface area (Å²) < 4.78 is 37.9. The van der Waals surface area contributed by atoms with Crippen molar-refractivity contribution < 1.29 is 13.2 Å². The molecule has 0 nitrogen and oxygen atoms in total. The van der Waals surface area contributed by atoms with Gasteiger partial charge in [0.25, 0.3) is 0 Å². The molecule has 3 rings (SSSR count). The fourth-order valence-corrected chi connectivity index (χ4v) is 2.63. The Morgan fingerprint density at radius 2 is 1.15 bits per heavy atom. The molecule has 3 aromatic carbocycles. The zero-order chi connectivity index (χ0) is 18.4. The summed E-state index contributed by atoms with van der Waals surface area (Å²) in [4.78, 5) is 0. The summed E-state index contributed by atoms with van der Waals surface area (Å²) >= 11 is 0. The van der Waals surface area contributed by atoms with E-state index in [4.69, 9.17) is 0 Å². The molecule has 0 aliphatic rings. The van der Waals surface area contributed by atoms with E-state index in [0.717, 1.165) is 34.4 Å². The van der Waals surface area contributed by atoms with Crippen LogP contribution in [0, 0.1) is 0 Å². The molecule has 0 saturated carbocycles. The van der Waals surface area contributed by atoms with Crippen LogP contribution in [0.4, 0.5) is 13.2 Å². The molecule has 3 heteroatoms. The number of hydrogen-bond acceptors (Lipinski definition) is 0. The zero-order valence-electron chi connectivity index (χ0n) is 13.9. The number of halogens is 3. The van der Waals surface area contributed by atoms with E-state index in [1.165, 1.54) is 12.1 Å². The molecule has 130 valence electrons. The highest BCUT2D eigenvalue weighted by atomic mass is 19.4. The molecule has 0 aliphatic heterocycles. The maximum Gasteiger partial charge on any atom is 0.416 e. The molecular weight excluding hydrogens is 333 g/mol. The van der Waals surface area contributed by atoms with Crippen molar-refractivity contribution in [3.8, 4) is 0 Å². The molecule has 0 aromatic heterocycles. The molecule has 0 fully saturated rings. The molecule has 0 unspecified atom stereocenters. The van der Waals surface area contributed by atoms with Crippen LogP contribution < -0.4 is 0 Å². The van der Waals surface area contributed by atoms with E-state index in [0.29, 0.717) is 0 Å². The van der Waals surface area contributed by atoms with Gasteiger partial charge < -0.3 is 0 Å². The topological polar surface area (TPSA) is 0 Å². The van der Waals surface area contributed by atoms with Crippen molar-refractivity contribution >= 4 is 11.6 Å². The summed E-state index contributed by atoms with van der Waals surface area (Å²) in [6, 6.07) is 25.1. The molecule has 0 atom stereocenters. The first kappa shape index (κ1) is 17.7. The van der Waals surface area contributed by atoms with Gasteiger partial charge in [-0.1, -0.05) is 91.0 Å². The fourth-order valence-electron chi connectivity index (χ4n) is 2.63. The third-order valence-corrected chi connectivity index (χ3v) is 3.96. The third-order valence-electron chi connectivity index (χ3n) is 3.96. The van der Waals surface area contributed by atoms with Gasteiger partial charge in [-0.25, -0.2) is 0 Å². The predicted molar refractivity (Wildman–Crippen MR) is 100 cm³/mol. The van der Waals surface area contributed by atoms with Crippen molar-refractivity contribution in [3.05, 3.63) is 119 Å². The molecule has 0 amide bonds. The maximum absolute atomic E-state index is 12.6. The van der Waals surface area contributed by atoms with Gasteiger partial charge >= 0.3 is 6.18 Å². The second-order valence-corrected chi connectivity index (χ2v) is 5.79. The Morgan fingerprint density at radius 1 is 0.654 bits per heavy atom. The van der Waals surface area contributed by atoms with Crippen molar-refractivity contribution in [2.24, 2.45) is 0 Å². The summed E-state index contributed by atoms with van der Waals surface area (Å²) in [5.74, 6) is 0. The van der Waals surface area contributed by atoms with Crippen LogP contribution in [-0.4, -0.2) is 0 Å².